The summed E-state index contributed by atoms with van der Waals surface area (Å²) in [4.78, 5) is 4.31. The van der Waals surface area contributed by atoms with Crippen molar-refractivity contribution in [3.63, 3.8) is 0 Å². The van der Waals surface area contributed by atoms with Gasteiger partial charge in [0.15, 0.2) is 0 Å². The summed E-state index contributed by atoms with van der Waals surface area (Å²) in [5.41, 5.74) is 1.05. The molecule has 2 N–H and O–H groups in total. The van der Waals surface area contributed by atoms with Gasteiger partial charge in [0.1, 0.15) is 5.01 Å². The summed E-state index contributed by atoms with van der Waals surface area (Å²) in [5.74, 6) is 0. The van der Waals surface area contributed by atoms with Crippen molar-refractivity contribution in [2.45, 2.75) is 26.5 Å². The summed E-state index contributed by atoms with van der Waals surface area (Å²) >= 11 is 1.63. The van der Waals surface area contributed by atoms with Crippen LogP contribution in [0.4, 0.5) is 0 Å². The first-order valence-corrected chi connectivity index (χ1v) is 5.98. The fourth-order valence-corrected chi connectivity index (χ4v) is 1.88. The van der Waals surface area contributed by atoms with E-state index >= 15 is 0 Å². The Balaban J connectivity index is 2.10. The van der Waals surface area contributed by atoms with E-state index in [0.717, 1.165) is 10.7 Å². The number of aryl methyl sites for hydroxylation is 1. The Morgan fingerprint density at radius 3 is 3.07 bits per heavy atom. The Morgan fingerprint density at radius 1 is 1.67 bits per heavy atom. The van der Waals surface area contributed by atoms with Crippen LogP contribution in [0.25, 0.3) is 0 Å². The highest BCUT2D eigenvalue weighted by Gasteiger charge is 2.04. The second-order valence-corrected chi connectivity index (χ2v) is 4.27. The number of hydrogen-bond donors (Lipinski definition) is 2. The van der Waals surface area contributed by atoms with Crippen molar-refractivity contribution in [3.8, 4) is 0 Å². The van der Waals surface area contributed by atoms with Crippen LogP contribution in [0.5, 0.6) is 0 Å². The standard InChI is InChI=1S/C10H18N2O2S/c1-3-14-6-9(13)4-11-5-10-12-8(2)7-15-10/h7,9,11,13H,3-6H2,1-2H3. The molecule has 0 radical (unpaired) electrons. The molecule has 0 aliphatic rings. The quantitative estimate of drug-likeness (QED) is 0.732. The first-order chi connectivity index (χ1) is 7.22. The zero-order valence-corrected chi connectivity index (χ0v) is 10.0. The van der Waals surface area contributed by atoms with Crippen LogP contribution in [0.15, 0.2) is 5.38 Å². The van der Waals surface area contributed by atoms with E-state index in [2.05, 4.69) is 10.3 Å². The van der Waals surface area contributed by atoms with Crippen LogP contribution >= 0.6 is 11.3 Å². The predicted octanol–water partition coefficient (Wildman–Crippen LogP) is 0.939. The highest BCUT2D eigenvalue weighted by Crippen LogP contribution is 2.07. The molecule has 15 heavy (non-hydrogen) atoms. The minimum atomic E-state index is -0.439. The first-order valence-electron chi connectivity index (χ1n) is 5.10. The lowest BCUT2D eigenvalue weighted by molar-refractivity contribution is 0.0427. The number of rotatable bonds is 7. The maximum absolute atomic E-state index is 9.46. The average molecular weight is 230 g/mol. The van der Waals surface area contributed by atoms with Crippen LogP contribution in [0.3, 0.4) is 0 Å². The minimum absolute atomic E-state index is 0.389. The molecule has 1 atom stereocenters. The van der Waals surface area contributed by atoms with Gasteiger partial charge < -0.3 is 15.2 Å². The van der Waals surface area contributed by atoms with Gasteiger partial charge in [0.05, 0.1) is 12.7 Å². The molecule has 0 saturated heterocycles. The Labute approximate surface area is 94.3 Å². The molecule has 0 amide bonds. The lowest BCUT2D eigenvalue weighted by atomic mass is 10.4. The van der Waals surface area contributed by atoms with Crippen LogP contribution < -0.4 is 5.32 Å². The molecule has 1 aromatic rings. The summed E-state index contributed by atoms with van der Waals surface area (Å²) in [6.07, 6.45) is -0.439. The van der Waals surface area contributed by atoms with E-state index in [0.29, 0.717) is 26.3 Å². The Kier molecular flexibility index (Phi) is 5.78. The lowest BCUT2D eigenvalue weighted by Gasteiger charge is -2.10. The number of ether oxygens (including phenoxy) is 1. The van der Waals surface area contributed by atoms with Gasteiger partial charge in [-0.3, -0.25) is 0 Å². The Morgan fingerprint density at radius 2 is 2.47 bits per heavy atom. The Hall–Kier alpha value is -0.490. The monoisotopic (exact) mass is 230 g/mol. The zero-order chi connectivity index (χ0) is 11.1. The first kappa shape index (κ1) is 12.6. The summed E-state index contributed by atoms with van der Waals surface area (Å²) in [6, 6.07) is 0. The molecule has 0 saturated carbocycles. The lowest BCUT2D eigenvalue weighted by Crippen LogP contribution is -2.30. The predicted molar refractivity (Wildman–Crippen MR) is 61.1 cm³/mol. The third-order valence-corrected chi connectivity index (χ3v) is 2.80. The van der Waals surface area contributed by atoms with Gasteiger partial charge in [0.25, 0.3) is 0 Å². The van der Waals surface area contributed by atoms with Crippen molar-refractivity contribution >= 4 is 11.3 Å². The molecule has 0 aliphatic heterocycles. The molecule has 1 unspecified atom stereocenters. The highest BCUT2D eigenvalue weighted by atomic mass is 32.1. The molecule has 0 fully saturated rings. The number of aliphatic hydroxyl groups excluding tert-OH is 1. The summed E-state index contributed by atoms with van der Waals surface area (Å²) in [6.45, 7) is 6.17. The molecule has 0 spiro atoms. The van der Waals surface area contributed by atoms with E-state index in [-0.39, 0.29) is 0 Å². The SMILES string of the molecule is CCOCC(O)CNCc1nc(C)cs1. The van der Waals surface area contributed by atoms with E-state index in [9.17, 15) is 5.11 Å². The van der Waals surface area contributed by atoms with Gasteiger partial charge in [-0.1, -0.05) is 0 Å². The fourth-order valence-electron chi connectivity index (χ4n) is 1.14. The molecule has 1 rings (SSSR count). The number of hydrogen-bond acceptors (Lipinski definition) is 5. The van der Waals surface area contributed by atoms with E-state index in [1.54, 1.807) is 11.3 Å². The smallest absolute Gasteiger partial charge is 0.107 e. The number of aliphatic hydroxyl groups is 1. The van der Waals surface area contributed by atoms with Crippen LogP contribution in [-0.4, -0.2) is 36.0 Å². The van der Waals surface area contributed by atoms with Crippen molar-refractivity contribution < 1.29 is 9.84 Å². The number of thiazole rings is 1. The highest BCUT2D eigenvalue weighted by molar-refractivity contribution is 7.09. The molecule has 0 bridgehead atoms. The van der Waals surface area contributed by atoms with Gasteiger partial charge in [0, 0.05) is 30.8 Å². The van der Waals surface area contributed by atoms with Crippen molar-refractivity contribution in [1.82, 2.24) is 10.3 Å². The fraction of sp³-hybridized carbons (Fsp3) is 0.700. The molecule has 1 heterocycles. The van der Waals surface area contributed by atoms with Gasteiger partial charge in [-0.2, -0.15) is 0 Å². The zero-order valence-electron chi connectivity index (χ0n) is 9.19. The van der Waals surface area contributed by atoms with Crippen molar-refractivity contribution in [2.75, 3.05) is 19.8 Å². The van der Waals surface area contributed by atoms with E-state index < -0.39 is 6.10 Å². The van der Waals surface area contributed by atoms with E-state index in [1.807, 2.05) is 19.2 Å². The molecule has 1 aromatic heterocycles. The van der Waals surface area contributed by atoms with E-state index in [4.69, 9.17) is 4.74 Å². The molecular formula is C10H18N2O2S. The minimum Gasteiger partial charge on any atom is -0.389 e. The summed E-state index contributed by atoms with van der Waals surface area (Å²) in [5, 5.41) is 15.7. The maximum atomic E-state index is 9.46. The maximum Gasteiger partial charge on any atom is 0.107 e. The number of nitrogens with zero attached hydrogens (tertiary/aromatic N) is 1. The molecule has 86 valence electrons. The summed E-state index contributed by atoms with van der Waals surface area (Å²) < 4.78 is 5.10. The number of aromatic nitrogens is 1. The second-order valence-electron chi connectivity index (χ2n) is 3.33. The number of nitrogens with one attached hydrogen (secondary N) is 1. The van der Waals surface area contributed by atoms with Crippen LogP contribution in [-0.2, 0) is 11.3 Å². The molecule has 0 aromatic carbocycles. The third kappa shape index (κ3) is 5.22. The molecular weight excluding hydrogens is 212 g/mol. The van der Waals surface area contributed by atoms with Crippen LogP contribution in [0.2, 0.25) is 0 Å². The van der Waals surface area contributed by atoms with Gasteiger partial charge in [-0.05, 0) is 13.8 Å². The van der Waals surface area contributed by atoms with Crippen molar-refractivity contribution in [2.24, 2.45) is 0 Å². The van der Waals surface area contributed by atoms with Crippen molar-refractivity contribution in [1.29, 1.82) is 0 Å². The Bertz CT molecular complexity index is 278. The molecule has 0 aliphatic carbocycles. The average Bonchev–Trinajstić information content (AvgIpc) is 2.61. The summed E-state index contributed by atoms with van der Waals surface area (Å²) in [7, 11) is 0. The van der Waals surface area contributed by atoms with Gasteiger partial charge in [-0.15, -0.1) is 11.3 Å². The van der Waals surface area contributed by atoms with Gasteiger partial charge >= 0.3 is 0 Å². The van der Waals surface area contributed by atoms with E-state index in [1.165, 1.54) is 0 Å². The topological polar surface area (TPSA) is 54.4 Å². The van der Waals surface area contributed by atoms with Gasteiger partial charge in [0.2, 0.25) is 0 Å². The molecule has 5 heteroatoms. The second kappa shape index (κ2) is 6.90. The van der Waals surface area contributed by atoms with Crippen molar-refractivity contribution in [3.05, 3.63) is 16.1 Å². The third-order valence-electron chi connectivity index (χ3n) is 1.84. The van der Waals surface area contributed by atoms with Crippen LogP contribution in [0, 0.1) is 6.92 Å². The largest absolute Gasteiger partial charge is 0.389 e. The normalized spacial score (nSPS) is 13.0. The van der Waals surface area contributed by atoms with Gasteiger partial charge in [-0.25, -0.2) is 4.98 Å². The van der Waals surface area contributed by atoms with Crippen LogP contribution in [0.1, 0.15) is 17.6 Å². The molecule has 4 nitrogen and oxygen atoms in total.